The third-order valence-electron chi connectivity index (χ3n) is 2.87. The fraction of sp³-hybridized carbons (Fsp3) is 0.133. The number of nitrogens with two attached hydrogens (primary N) is 1. The van der Waals surface area contributed by atoms with Crippen LogP contribution in [0.2, 0.25) is 0 Å². The molecule has 4 N–H and O–H groups in total. The van der Waals surface area contributed by atoms with Gasteiger partial charge in [-0.3, -0.25) is 14.6 Å². The van der Waals surface area contributed by atoms with Crippen LogP contribution in [0.5, 0.6) is 0 Å². The molecule has 0 aliphatic carbocycles. The average Bonchev–Trinajstić information content (AvgIpc) is 2.43. The van der Waals surface area contributed by atoms with Crippen molar-refractivity contribution in [3.8, 4) is 0 Å². The van der Waals surface area contributed by atoms with Crippen LogP contribution < -0.4 is 11.1 Å². The van der Waals surface area contributed by atoms with Crippen LogP contribution in [-0.2, 0) is 11.2 Å². The molecule has 1 aromatic carbocycles. The van der Waals surface area contributed by atoms with Crippen molar-refractivity contribution < 1.29 is 14.7 Å². The van der Waals surface area contributed by atoms with Gasteiger partial charge in [0.15, 0.2) is 0 Å². The first-order valence-corrected chi connectivity index (χ1v) is 6.30. The van der Waals surface area contributed by atoms with Gasteiger partial charge in [0.25, 0.3) is 5.91 Å². The zero-order valence-corrected chi connectivity index (χ0v) is 11.5. The van der Waals surface area contributed by atoms with E-state index in [0.717, 1.165) is 5.56 Å². The molecule has 0 fully saturated rings. The van der Waals surface area contributed by atoms with Crippen LogP contribution in [0.15, 0.2) is 36.5 Å². The van der Waals surface area contributed by atoms with Crippen molar-refractivity contribution >= 4 is 23.3 Å². The van der Waals surface area contributed by atoms with Crippen molar-refractivity contribution in [3.63, 3.8) is 0 Å². The lowest BCUT2D eigenvalue weighted by molar-refractivity contribution is -0.136. The normalized spacial score (nSPS) is 10.1. The van der Waals surface area contributed by atoms with E-state index in [9.17, 15) is 9.59 Å². The Morgan fingerprint density at radius 1 is 1.29 bits per heavy atom. The molecule has 1 heterocycles. The molecule has 0 saturated carbocycles. The van der Waals surface area contributed by atoms with Gasteiger partial charge in [0.1, 0.15) is 0 Å². The third kappa shape index (κ3) is 3.79. The topological polar surface area (TPSA) is 105 Å². The highest BCUT2D eigenvalue weighted by molar-refractivity contribution is 6.07. The molecule has 1 amide bonds. The number of nitrogens with one attached hydrogen (secondary N) is 1. The van der Waals surface area contributed by atoms with Gasteiger partial charge < -0.3 is 16.2 Å². The summed E-state index contributed by atoms with van der Waals surface area (Å²) in [6.45, 7) is 1.87. The van der Waals surface area contributed by atoms with Crippen molar-refractivity contribution in [1.29, 1.82) is 0 Å². The average molecular weight is 285 g/mol. The van der Waals surface area contributed by atoms with E-state index in [4.69, 9.17) is 10.8 Å². The highest BCUT2D eigenvalue weighted by atomic mass is 16.4. The van der Waals surface area contributed by atoms with Gasteiger partial charge in [-0.05, 0) is 31.2 Å². The molecule has 21 heavy (non-hydrogen) atoms. The number of carbonyl (C=O) groups excluding carboxylic acids is 1. The van der Waals surface area contributed by atoms with Crippen molar-refractivity contribution in [2.24, 2.45) is 0 Å². The first-order valence-electron chi connectivity index (χ1n) is 6.30. The number of aliphatic carboxylic acids is 1. The highest BCUT2D eigenvalue weighted by Gasteiger charge is 2.10. The second-order valence-electron chi connectivity index (χ2n) is 4.65. The summed E-state index contributed by atoms with van der Waals surface area (Å²) in [5, 5.41) is 11.3. The summed E-state index contributed by atoms with van der Waals surface area (Å²) in [5.41, 5.74) is 8.41. The number of pyridine rings is 1. The van der Waals surface area contributed by atoms with Crippen molar-refractivity contribution in [1.82, 2.24) is 4.98 Å². The zero-order chi connectivity index (χ0) is 15.4. The molecule has 0 atom stereocenters. The molecule has 6 heteroatoms. The summed E-state index contributed by atoms with van der Waals surface area (Å²) in [6.07, 6.45) is 1.27. The maximum absolute atomic E-state index is 12.1. The Morgan fingerprint density at radius 3 is 2.67 bits per heavy atom. The molecule has 108 valence electrons. The maximum Gasteiger partial charge on any atom is 0.309 e. The number of hydrogen-bond acceptors (Lipinski definition) is 4. The Hall–Kier alpha value is -2.89. The minimum atomic E-state index is -0.952. The Bertz CT molecular complexity index is 681. The van der Waals surface area contributed by atoms with Gasteiger partial charge >= 0.3 is 5.97 Å². The van der Waals surface area contributed by atoms with Gasteiger partial charge in [-0.15, -0.1) is 0 Å². The standard InChI is InChI=1S/C15H15N3O3/c1-9-2-5-13(16)12(6-9)15(21)18-11-4-3-10(17-8-11)7-14(19)20/h2-6,8H,7,16H2,1H3,(H,18,21)(H,19,20). The number of benzene rings is 1. The molecule has 0 unspecified atom stereocenters. The molecule has 2 aromatic rings. The number of nitrogens with zero attached hydrogens (tertiary/aromatic N) is 1. The van der Waals surface area contributed by atoms with E-state index < -0.39 is 5.97 Å². The molecule has 1 aromatic heterocycles. The number of hydrogen-bond donors (Lipinski definition) is 3. The highest BCUT2D eigenvalue weighted by Crippen LogP contribution is 2.16. The predicted molar refractivity (Wildman–Crippen MR) is 79.1 cm³/mol. The first kappa shape index (κ1) is 14.5. The van der Waals surface area contributed by atoms with Crippen molar-refractivity contribution in [2.45, 2.75) is 13.3 Å². The number of amides is 1. The predicted octanol–water partition coefficient (Wildman–Crippen LogP) is 1.85. The lowest BCUT2D eigenvalue weighted by atomic mass is 10.1. The van der Waals surface area contributed by atoms with E-state index in [1.165, 1.54) is 6.20 Å². The van der Waals surface area contributed by atoms with Gasteiger partial charge in [0, 0.05) is 5.69 Å². The van der Waals surface area contributed by atoms with Gasteiger partial charge in [-0.2, -0.15) is 0 Å². The molecule has 0 bridgehead atoms. The number of nitrogen functional groups attached to an aromatic ring is 1. The minimum Gasteiger partial charge on any atom is -0.481 e. The molecular weight excluding hydrogens is 270 g/mol. The number of carbonyl (C=O) groups is 2. The Kier molecular flexibility index (Phi) is 4.18. The maximum atomic E-state index is 12.1. The summed E-state index contributed by atoms with van der Waals surface area (Å²) in [4.78, 5) is 26.7. The Labute approximate surface area is 121 Å². The summed E-state index contributed by atoms with van der Waals surface area (Å²) in [5.74, 6) is -1.28. The monoisotopic (exact) mass is 285 g/mol. The van der Waals surface area contributed by atoms with E-state index in [2.05, 4.69) is 10.3 Å². The van der Waals surface area contributed by atoms with E-state index in [1.807, 2.05) is 13.0 Å². The van der Waals surface area contributed by atoms with Crippen molar-refractivity contribution in [3.05, 3.63) is 53.3 Å². The molecule has 0 aliphatic heterocycles. The third-order valence-corrected chi connectivity index (χ3v) is 2.87. The zero-order valence-electron chi connectivity index (χ0n) is 11.5. The Morgan fingerprint density at radius 2 is 2.05 bits per heavy atom. The van der Waals surface area contributed by atoms with E-state index in [-0.39, 0.29) is 12.3 Å². The number of carboxylic acids is 1. The summed E-state index contributed by atoms with van der Waals surface area (Å²) in [6, 6.07) is 8.38. The molecular formula is C15H15N3O3. The lowest BCUT2D eigenvalue weighted by Crippen LogP contribution is -2.14. The molecule has 0 aliphatic rings. The molecule has 2 rings (SSSR count). The van der Waals surface area contributed by atoms with Crippen LogP contribution in [-0.4, -0.2) is 22.0 Å². The summed E-state index contributed by atoms with van der Waals surface area (Å²) >= 11 is 0. The molecule has 0 radical (unpaired) electrons. The van der Waals surface area contributed by atoms with Gasteiger partial charge in [0.2, 0.25) is 0 Å². The molecule has 0 saturated heterocycles. The van der Waals surface area contributed by atoms with Gasteiger partial charge in [-0.1, -0.05) is 11.6 Å². The number of carboxylic acid groups (broad SMARTS) is 1. The lowest BCUT2D eigenvalue weighted by Gasteiger charge is -2.08. The first-order chi connectivity index (χ1) is 9.95. The summed E-state index contributed by atoms with van der Waals surface area (Å²) in [7, 11) is 0. The van der Waals surface area contributed by atoms with Crippen LogP contribution >= 0.6 is 0 Å². The smallest absolute Gasteiger partial charge is 0.309 e. The van der Waals surface area contributed by atoms with Gasteiger partial charge in [0.05, 0.1) is 29.6 Å². The second-order valence-corrected chi connectivity index (χ2v) is 4.65. The fourth-order valence-corrected chi connectivity index (χ4v) is 1.82. The number of anilines is 2. The second kappa shape index (κ2) is 6.04. The van der Waals surface area contributed by atoms with Gasteiger partial charge in [-0.25, -0.2) is 0 Å². The molecule has 0 spiro atoms. The van der Waals surface area contributed by atoms with E-state index in [0.29, 0.717) is 22.6 Å². The van der Waals surface area contributed by atoms with Crippen molar-refractivity contribution in [2.75, 3.05) is 11.1 Å². The number of aryl methyl sites for hydroxylation is 1. The van der Waals surface area contributed by atoms with Crippen LogP contribution in [0, 0.1) is 6.92 Å². The van der Waals surface area contributed by atoms with Crippen LogP contribution in [0.3, 0.4) is 0 Å². The van der Waals surface area contributed by atoms with Crippen LogP contribution in [0.25, 0.3) is 0 Å². The number of rotatable bonds is 4. The van der Waals surface area contributed by atoms with Crippen LogP contribution in [0.1, 0.15) is 21.6 Å². The van der Waals surface area contributed by atoms with E-state index in [1.54, 1.807) is 24.3 Å². The Balaban J connectivity index is 2.12. The molecule has 6 nitrogen and oxygen atoms in total. The number of aromatic nitrogens is 1. The fourth-order valence-electron chi connectivity index (χ4n) is 1.82. The summed E-state index contributed by atoms with van der Waals surface area (Å²) < 4.78 is 0. The SMILES string of the molecule is Cc1ccc(N)c(C(=O)Nc2ccc(CC(=O)O)nc2)c1. The quantitative estimate of drug-likeness (QED) is 0.743. The van der Waals surface area contributed by atoms with E-state index >= 15 is 0 Å². The largest absolute Gasteiger partial charge is 0.481 e. The minimum absolute atomic E-state index is 0.154. The van der Waals surface area contributed by atoms with Crippen LogP contribution in [0.4, 0.5) is 11.4 Å².